The average Bonchev–Trinajstić information content (AvgIpc) is 2.95. The molecule has 0 saturated carbocycles. The topological polar surface area (TPSA) is 132 Å². The van der Waals surface area contributed by atoms with E-state index in [0.717, 1.165) is 12.3 Å². The molecule has 11 nitrogen and oxygen atoms in total. The van der Waals surface area contributed by atoms with Gasteiger partial charge in [-0.3, -0.25) is 14.4 Å². The Bertz CT molecular complexity index is 1640. The summed E-state index contributed by atoms with van der Waals surface area (Å²) in [6.07, 6.45) is 0.865. The Kier molecular flexibility index (Phi) is 6.90. The van der Waals surface area contributed by atoms with Crippen molar-refractivity contribution in [3.63, 3.8) is 0 Å². The first kappa shape index (κ1) is 27.4. The van der Waals surface area contributed by atoms with Crippen LogP contribution in [0, 0.1) is 0 Å². The Morgan fingerprint density at radius 3 is 2.40 bits per heavy atom. The number of benzene rings is 2. The second-order valence-electron chi connectivity index (χ2n) is 9.89. The maximum atomic E-state index is 13.5. The first-order valence-electron chi connectivity index (χ1n) is 12.7. The van der Waals surface area contributed by atoms with Crippen LogP contribution in [0.3, 0.4) is 0 Å². The van der Waals surface area contributed by atoms with Gasteiger partial charge in [-0.05, 0) is 30.3 Å². The molecule has 1 saturated heterocycles. The summed E-state index contributed by atoms with van der Waals surface area (Å²) in [5.41, 5.74) is 0.0910. The van der Waals surface area contributed by atoms with Crippen molar-refractivity contribution in [2.24, 2.45) is 0 Å². The van der Waals surface area contributed by atoms with E-state index in [0.29, 0.717) is 47.3 Å². The molecule has 3 aromatic rings. The van der Waals surface area contributed by atoms with E-state index in [4.69, 9.17) is 14.2 Å². The molecule has 2 aliphatic heterocycles. The summed E-state index contributed by atoms with van der Waals surface area (Å²) in [5.74, 6) is 0.157. The molecule has 40 heavy (non-hydrogen) atoms. The summed E-state index contributed by atoms with van der Waals surface area (Å²) in [5, 5.41) is 0.729. The van der Waals surface area contributed by atoms with Gasteiger partial charge in [-0.15, -0.1) is 0 Å². The van der Waals surface area contributed by atoms with Gasteiger partial charge >= 0.3 is 0 Å². The fraction of sp³-hybridized carbons (Fsp3) is 0.357. The van der Waals surface area contributed by atoms with Crippen LogP contribution in [0.4, 0.5) is 0 Å². The zero-order valence-corrected chi connectivity index (χ0v) is 23.4. The highest BCUT2D eigenvalue weighted by Crippen LogP contribution is 2.41. The van der Waals surface area contributed by atoms with Crippen LogP contribution in [0.5, 0.6) is 17.2 Å². The van der Waals surface area contributed by atoms with Crippen molar-refractivity contribution in [3.05, 3.63) is 53.7 Å². The summed E-state index contributed by atoms with van der Waals surface area (Å²) in [7, 11) is 0.147. The van der Waals surface area contributed by atoms with Crippen molar-refractivity contribution in [1.29, 1.82) is 0 Å². The van der Waals surface area contributed by atoms with E-state index in [1.807, 2.05) is 12.1 Å². The Balaban J connectivity index is 1.35. The van der Waals surface area contributed by atoms with Gasteiger partial charge in [0, 0.05) is 51.4 Å². The van der Waals surface area contributed by atoms with Gasteiger partial charge in [-0.2, -0.15) is 0 Å². The van der Waals surface area contributed by atoms with E-state index in [9.17, 15) is 22.8 Å². The van der Waals surface area contributed by atoms with E-state index >= 15 is 0 Å². The maximum absolute atomic E-state index is 13.5. The molecule has 3 heterocycles. The quantitative estimate of drug-likeness (QED) is 0.456. The van der Waals surface area contributed by atoms with Crippen molar-refractivity contribution in [3.8, 4) is 17.2 Å². The highest BCUT2D eigenvalue weighted by molar-refractivity contribution is 7.89. The number of fused-ring (bicyclic) bond motifs is 2. The zero-order chi connectivity index (χ0) is 28.8. The number of amides is 2. The van der Waals surface area contributed by atoms with E-state index in [1.165, 1.54) is 39.5 Å². The third-order valence-electron chi connectivity index (χ3n) is 7.55. The lowest BCUT2D eigenvalue weighted by molar-refractivity contribution is -0.123. The number of para-hydroxylation sites is 1. The van der Waals surface area contributed by atoms with Gasteiger partial charge in [0.05, 0.1) is 31.1 Å². The van der Waals surface area contributed by atoms with Crippen LogP contribution in [0.2, 0.25) is 0 Å². The number of hydrogen-bond donors (Lipinski definition) is 0. The molecule has 0 bridgehead atoms. The predicted octanol–water partition coefficient (Wildman–Crippen LogP) is 3.06. The maximum Gasteiger partial charge on any atom is 0.272 e. The molecule has 0 radical (unpaired) electrons. The predicted molar refractivity (Wildman–Crippen MR) is 144 cm³/mol. The molecular weight excluding hydrogens is 538 g/mol. The number of carbonyl (C=O) groups is 3. The normalized spacial score (nSPS) is 16.3. The van der Waals surface area contributed by atoms with Crippen LogP contribution in [-0.4, -0.2) is 80.2 Å². The molecule has 0 N–H and O–H groups in total. The number of ketones is 1. The number of ether oxygens (including phenoxy) is 3. The molecule has 12 heteroatoms. The number of aromatic nitrogens is 1. The second-order valence-corrected chi connectivity index (χ2v) is 11.9. The van der Waals surface area contributed by atoms with Gasteiger partial charge < -0.3 is 19.1 Å². The summed E-state index contributed by atoms with van der Waals surface area (Å²) in [4.78, 5) is 44.3. The summed E-state index contributed by atoms with van der Waals surface area (Å²) in [6, 6.07) is 11.1. The largest absolute Gasteiger partial charge is 0.496 e. The van der Waals surface area contributed by atoms with E-state index in [1.54, 1.807) is 17.0 Å². The van der Waals surface area contributed by atoms with Crippen molar-refractivity contribution >= 4 is 38.5 Å². The minimum atomic E-state index is -4.09. The number of hydrogen-bond acceptors (Lipinski definition) is 9. The van der Waals surface area contributed by atoms with Crippen molar-refractivity contribution in [1.82, 2.24) is 14.2 Å². The number of rotatable bonds is 5. The fourth-order valence-electron chi connectivity index (χ4n) is 5.15. The Labute approximate surface area is 231 Å². The number of nitrogens with zero attached hydrogens (tertiary/aromatic N) is 3. The molecule has 1 fully saturated rings. The molecular formula is C28H29N3O8S. The Hall–Kier alpha value is -4.19. The highest BCUT2D eigenvalue weighted by atomic mass is 32.2. The SMILES string of the molecule is COc1cc(C(=O)N2CCC3(CC2)CC(=O)c2cc(S(=O)(=O)N(C)C(C)=O)ccc2O3)nc2c(OC)cccc12. The standard InChI is InChI=1S/C28H29N3O8S/c1-17(32)30(2)40(35,36)18-8-9-23-20(14-18)22(33)16-28(39-23)10-12-31(13-11-28)27(34)21-15-25(38-4)19-6-5-7-24(37-3)26(19)29-21/h5-9,14-15H,10-13,16H2,1-4H3. The number of sulfonamides is 1. The lowest BCUT2D eigenvalue weighted by atomic mass is 9.82. The first-order valence-corrected chi connectivity index (χ1v) is 14.1. The number of piperidine rings is 1. The van der Waals surface area contributed by atoms with Gasteiger partial charge in [-0.25, -0.2) is 17.7 Å². The molecule has 1 spiro atoms. The number of pyridine rings is 1. The third kappa shape index (κ3) is 4.61. The first-order chi connectivity index (χ1) is 19.0. The van der Waals surface area contributed by atoms with Gasteiger partial charge in [0.25, 0.3) is 15.9 Å². The third-order valence-corrected chi connectivity index (χ3v) is 9.38. The van der Waals surface area contributed by atoms with Crippen LogP contribution in [0.1, 0.15) is 47.0 Å². The molecule has 2 aliphatic rings. The minimum absolute atomic E-state index is 0.0489. The number of likely N-dealkylation sites (tertiary alicyclic amines) is 1. The number of Topliss-reactive ketones (excluding diaryl/α,β-unsaturated/α-hetero) is 1. The van der Waals surface area contributed by atoms with Gasteiger partial charge in [0.1, 0.15) is 34.1 Å². The monoisotopic (exact) mass is 567 g/mol. The van der Waals surface area contributed by atoms with Gasteiger partial charge in [-0.1, -0.05) is 6.07 Å². The molecule has 2 amide bonds. The van der Waals surface area contributed by atoms with Crippen molar-refractivity contribution < 1.29 is 37.0 Å². The molecule has 2 aromatic carbocycles. The summed E-state index contributed by atoms with van der Waals surface area (Å²) >= 11 is 0. The fourth-order valence-corrected chi connectivity index (χ4v) is 6.31. The molecule has 0 atom stereocenters. The highest BCUT2D eigenvalue weighted by Gasteiger charge is 2.44. The molecule has 0 unspecified atom stereocenters. The minimum Gasteiger partial charge on any atom is -0.496 e. The number of carbonyl (C=O) groups excluding carboxylic acids is 3. The van der Waals surface area contributed by atoms with Crippen LogP contribution in [0.15, 0.2) is 47.4 Å². The lowest BCUT2D eigenvalue weighted by Gasteiger charge is -2.44. The number of methoxy groups -OCH3 is 2. The molecule has 0 aliphatic carbocycles. The Morgan fingerprint density at radius 1 is 1.05 bits per heavy atom. The van der Waals surface area contributed by atoms with E-state index < -0.39 is 21.5 Å². The summed E-state index contributed by atoms with van der Waals surface area (Å²) in [6.45, 7) is 1.82. The lowest BCUT2D eigenvalue weighted by Crippen LogP contribution is -2.52. The molecule has 210 valence electrons. The van der Waals surface area contributed by atoms with Crippen LogP contribution in [0.25, 0.3) is 10.9 Å². The Morgan fingerprint density at radius 2 is 1.75 bits per heavy atom. The average molecular weight is 568 g/mol. The van der Waals surface area contributed by atoms with Crippen LogP contribution >= 0.6 is 0 Å². The van der Waals surface area contributed by atoms with Gasteiger partial charge in [0.15, 0.2) is 5.78 Å². The van der Waals surface area contributed by atoms with E-state index in [-0.39, 0.29) is 40.0 Å². The van der Waals surface area contributed by atoms with Crippen molar-refractivity contribution in [2.45, 2.75) is 36.7 Å². The second kappa shape index (κ2) is 10.1. The van der Waals surface area contributed by atoms with E-state index in [2.05, 4.69) is 4.98 Å². The van der Waals surface area contributed by atoms with Crippen LogP contribution in [-0.2, 0) is 14.8 Å². The smallest absolute Gasteiger partial charge is 0.272 e. The van der Waals surface area contributed by atoms with Gasteiger partial charge in [0.2, 0.25) is 5.91 Å². The summed E-state index contributed by atoms with van der Waals surface area (Å²) < 4.78 is 43.3. The van der Waals surface area contributed by atoms with Crippen LogP contribution < -0.4 is 14.2 Å². The molecule has 1 aromatic heterocycles. The van der Waals surface area contributed by atoms with Crippen molar-refractivity contribution in [2.75, 3.05) is 34.4 Å². The molecule has 5 rings (SSSR count). The zero-order valence-electron chi connectivity index (χ0n) is 22.6.